The summed E-state index contributed by atoms with van der Waals surface area (Å²) in [4.78, 5) is 11.4. The molecule has 0 aliphatic carbocycles. The molecule has 0 bridgehead atoms. The fraction of sp³-hybridized carbons (Fsp3) is 0.900. The van der Waals surface area contributed by atoms with Crippen molar-refractivity contribution in [1.82, 2.24) is 0 Å². The zero-order valence-electron chi connectivity index (χ0n) is 8.84. The first kappa shape index (κ1) is 12.6. The molecule has 0 aromatic rings. The first-order valence-electron chi connectivity index (χ1n) is 4.85. The van der Waals surface area contributed by atoms with Crippen LogP contribution >= 0.6 is 0 Å². The van der Waals surface area contributed by atoms with Crippen LogP contribution in [0.15, 0.2) is 0 Å². The van der Waals surface area contributed by atoms with Crippen LogP contribution in [0, 0.1) is 5.92 Å². The van der Waals surface area contributed by atoms with E-state index in [9.17, 15) is 4.79 Å². The van der Waals surface area contributed by atoms with Crippen molar-refractivity contribution in [3.63, 3.8) is 0 Å². The van der Waals surface area contributed by atoms with E-state index in [2.05, 4.69) is 0 Å². The lowest BCUT2D eigenvalue weighted by atomic mass is 9.99. The third-order valence-corrected chi connectivity index (χ3v) is 2.12. The lowest BCUT2D eigenvalue weighted by molar-refractivity contribution is -0.128. The minimum atomic E-state index is 0.169. The molecule has 78 valence electrons. The van der Waals surface area contributed by atoms with Crippen molar-refractivity contribution in [2.45, 2.75) is 26.7 Å². The highest BCUT2D eigenvalue weighted by atomic mass is 16.5. The van der Waals surface area contributed by atoms with E-state index in [0.717, 1.165) is 12.8 Å². The summed E-state index contributed by atoms with van der Waals surface area (Å²) in [6.45, 7) is 5.34. The normalized spacial score (nSPS) is 10.8. The molecule has 0 saturated heterocycles. The van der Waals surface area contributed by atoms with Gasteiger partial charge in [0.2, 0.25) is 0 Å². The maximum atomic E-state index is 11.4. The molecule has 0 rings (SSSR count). The summed E-state index contributed by atoms with van der Waals surface area (Å²) in [5, 5.41) is 0. The smallest absolute Gasteiger partial charge is 0.161 e. The molecular formula is C10H20O3. The third kappa shape index (κ3) is 5.77. The number of ether oxygens (including phenoxy) is 2. The molecule has 0 spiro atoms. The molecule has 3 nitrogen and oxygen atoms in total. The number of carbonyl (C=O) groups is 1. The first-order chi connectivity index (χ1) is 6.26. The average Bonchev–Trinajstić information content (AvgIpc) is 2.14. The highest BCUT2D eigenvalue weighted by Crippen LogP contribution is 2.08. The Bertz CT molecular complexity index is 130. The van der Waals surface area contributed by atoms with Crippen LogP contribution in [0.2, 0.25) is 0 Å². The molecule has 0 fully saturated rings. The molecule has 0 unspecified atom stereocenters. The number of carbonyl (C=O) groups excluding carboxylic acids is 1. The van der Waals surface area contributed by atoms with Crippen molar-refractivity contribution < 1.29 is 14.3 Å². The second kappa shape index (κ2) is 8.20. The largest absolute Gasteiger partial charge is 0.382 e. The fourth-order valence-electron chi connectivity index (χ4n) is 1.18. The van der Waals surface area contributed by atoms with E-state index >= 15 is 0 Å². The zero-order chi connectivity index (χ0) is 10.1. The molecule has 13 heavy (non-hydrogen) atoms. The minimum Gasteiger partial charge on any atom is -0.382 e. The van der Waals surface area contributed by atoms with Gasteiger partial charge in [-0.2, -0.15) is 0 Å². The lowest BCUT2D eigenvalue weighted by Crippen LogP contribution is -2.19. The summed E-state index contributed by atoms with van der Waals surface area (Å²) in [5.41, 5.74) is 0. The maximum Gasteiger partial charge on any atom is 0.161 e. The van der Waals surface area contributed by atoms with Crippen molar-refractivity contribution in [3.8, 4) is 0 Å². The topological polar surface area (TPSA) is 35.5 Å². The number of hydrogen-bond acceptors (Lipinski definition) is 3. The highest BCUT2D eigenvalue weighted by molar-refractivity contribution is 5.82. The molecule has 0 heterocycles. The van der Waals surface area contributed by atoms with E-state index in [1.165, 1.54) is 0 Å². The van der Waals surface area contributed by atoms with Gasteiger partial charge in [0.1, 0.15) is 6.61 Å². The van der Waals surface area contributed by atoms with Crippen LogP contribution in [0.1, 0.15) is 26.7 Å². The van der Waals surface area contributed by atoms with Crippen molar-refractivity contribution >= 4 is 5.78 Å². The van der Waals surface area contributed by atoms with E-state index < -0.39 is 0 Å². The molecule has 0 saturated carbocycles. The van der Waals surface area contributed by atoms with Gasteiger partial charge >= 0.3 is 0 Å². The number of rotatable bonds is 8. The molecule has 0 amide bonds. The molecule has 3 heteroatoms. The van der Waals surface area contributed by atoms with Crippen molar-refractivity contribution in [3.05, 3.63) is 0 Å². The van der Waals surface area contributed by atoms with Gasteiger partial charge in [0, 0.05) is 13.0 Å². The van der Waals surface area contributed by atoms with Gasteiger partial charge in [0.05, 0.1) is 13.2 Å². The molecule has 0 atom stereocenters. The number of hydrogen-bond donors (Lipinski definition) is 0. The first-order valence-corrected chi connectivity index (χ1v) is 4.85. The highest BCUT2D eigenvalue weighted by Gasteiger charge is 2.13. The van der Waals surface area contributed by atoms with Gasteiger partial charge in [-0.25, -0.2) is 0 Å². The number of Topliss-reactive ketones (excluding diaryl/α,β-unsaturated/α-hetero) is 1. The molecule has 0 aromatic carbocycles. The quantitative estimate of drug-likeness (QED) is 0.543. The molecular weight excluding hydrogens is 168 g/mol. The lowest BCUT2D eigenvalue weighted by Gasteiger charge is -2.10. The predicted octanol–water partition coefficient (Wildman–Crippen LogP) is 1.65. The van der Waals surface area contributed by atoms with Crippen molar-refractivity contribution in [2.24, 2.45) is 5.92 Å². The fourth-order valence-corrected chi connectivity index (χ4v) is 1.18. The van der Waals surface area contributed by atoms with Crippen LogP contribution in [0.5, 0.6) is 0 Å². The molecule has 0 radical (unpaired) electrons. The van der Waals surface area contributed by atoms with Crippen LogP contribution in [0.4, 0.5) is 0 Å². The Kier molecular flexibility index (Phi) is 7.94. The second-order valence-corrected chi connectivity index (χ2v) is 3.03. The monoisotopic (exact) mass is 188 g/mol. The van der Waals surface area contributed by atoms with E-state index in [1.54, 1.807) is 7.11 Å². The van der Waals surface area contributed by atoms with Crippen molar-refractivity contribution in [2.75, 3.05) is 26.9 Å². The van der Waals surface area contributed by atoms with Gasteiger partial charge in [-0.1, -0.05) is 13.8 Å². The van der Waals surface area contributed by atoms with E-state index in [0.29, 0.717) is 13.2 Å². The maximum absolute atomic E-state index is 11.4. The molecule has 0 aliphatic heterocycles. The molecule has 0 N–H and O–H groups in total. The Morgan fingerprint density at radius 3 is 2.31 bits per heavy atom. The van der Waals surface area contributed by atoms with Gasteiger partial charge < -0.3 is 9.47 Å². The van der Waals surface area contributed by atoms with Gasteiger partial charge in [0.25, 0.3) is 0 Å². The van der Waals surface area contributed by atoms with Crippen LogP contribution < -0.4 is 0 Å². The number of ketones is 1. The summed E-state index contributed by atoms with van der Waals surface area (Å²) < 4.78 is 9.95. The Morgan fingerprint density at radius 1 is 1.23 bits per heavy atom. The average molecular weight is 188 g/mol. The van der Waals surface area contributed by atoms with Crippen LogP contribution in [0.25, 0.3) is 0 Å². The zero-order valence-corrected chi connectivity index (χ0v) is 8.84. The third-order valence-electron chi connectivity index (χ3n) is 2.12. The summed E-state index contributed by atoms with van der Waals surface area (Å²) >= 11 is 0. The van der Waals surface area contributed by atoms with E-state index in [4.69, 9.17) is 9.47 Å². The summed E-state index contributed by atoms with van der Waals surface area (Å²) in [5.74, 6) is 0.378. The summed E-state index contributed by atoms with van der Waals surface area (Å²) in [6.07, 6.45) is 1.81. The number of methoxy groups -OCH3 is 1. The van der Waals surface area contributed by atoms with E-state index in [-0.39, 0.29) is 18.3 Å². The Morgan fingerprint density at radius 2 is 1.85 bits per heavy atom. The Labute approximate surface area is 80.4 Å². The van der Waals surface area contributed by atoms with Gasteiger partial charge in [-0.3, -0.25) is 4.79 Å². The van der Waals surface area contributed by atoms with Gasteiger partial charge in [-0.15, -0.1) is 0 Å². The summed E-state index contributed by atoms with van der Waals surface area (Å²) in [7, 11) is 1.62. The minimum absolute atomic E-state index is 0.169. The van der Waals surface area contributed by atoms with Crippen molar-refractivity contribution in [1.29, 1.82) is 0 Å². The SMILES string of the molecule is CCC(CC)C(=O)COCCOC. The van der Waals surface area contributed by atoms with Crippen LogP contribution in [0.3, 0.4) is 0 Å². The standard InChI is InChI=1S/C10H20O3/c1-4-9(5-2)10(11)8-13-7-6-12-3/h9H,4-8H2,1-3H3. The van der Waals surface area contributed by atoms with Crippen LogP contribution in [-0.2, 0) is 14.3 Å². The van der Waals surface area contributed by atoms with Gasteiger partial charge in [0.15, 0.2) is 5.78 Å². The van der Waals surface area contributed by atoms with Gasteiger partial charge in [-0.05, 0) is 12.8 Å². The second-order valence-electron chi connectivity index (χ2n) is 3.03. The Balaban J connectivity index is 3.48. The molecule has 0 aromatic heterocycles. The van der Waals surface area contributed by atoms with Crippen LogP contribution in [-0.4, -0.2) is 32.7 Å². The molecule has 0 aliphatic rings. The predicted molar refractivity (Wildman–Crippen MR) is 51.8 cm³/mol. The Hall–Kier alpha value is -0.410. The summed E-state index contributed by atoms with van der Waals surface area (Å²) in [6, 6.07) is 0. The van der Waals surface area contributed by atoms with E-state index in [1.807, 2.05) is 13.8 Å².